The summed E-state index contributed by atoms with van der Waals surface area (Å²) in [6, 6.07) is 0. The summed E-state index contributed by atoms with van der Waals surface area (Å²) in [5.41, 5.74) is 0. The van der Waals surface area contributed by atoms with E-state index in [0.717, 1.165) is 6.42 Å². The summed E-state index contributed by atoms with van der Waals surface area (Å²) in [5, 5.41) is 33.8. The minimum absolute atomic E-state index is 0.0104. The second-order valence-electron chi connectivity index (χ2n) is 4.59. The van der Waals surface area contributed by atoms with Gasteiger partial charge in [-0.05, 0) is 19.3 Å². The van der Waals surface area contributed by atoms with E-state index in [2.05, 4.69) is 6.92 Å². The summed E-state index contributed by atoms with van der Waals surface area (Å²) in [6.07, 6.45) is 8.85. The smallest absolute Gasteiger partial charge is 0.0481 e. The van der Waals surface area contributed by atoms with E-state index in [0.29, 0.717) is 19.4 Å². The number of rotatable bonds is 11. The summed E-state index contributed by atoms with van der Waals surface area (Å²) in [7, 11) is 0. The lowest BCUT2D eigenvalue weighted by molar-refractivity contribution is 0.136. The highest BCUT2D eigenvalue weighted by molar-refractivity contribution is 4.54. The third-order valence-corrected chi connectivity index (χ3v) is 2.80. The fourth-order valence-corrected chi connectivity index (χ4v) is 1.51. The van der Waals surface area contributed by atoms with Gasteiger partial charge in [0.25, 0.3) is 0 Å². The molecule has 0 saturated heterocycles. The van der Waals surface area contributed by atoms with Crippen LogP contribution >= 0.6 is 0 Å². The van der Waals surface area contributed by atoms with Crippen molar-refractivity contribution in [3.05, 3.63) is 0 Å². The van der Waals surface area contributed by atoms with Gasteiger partial charge in [-0.15, -0.1) is 0 Å². The van der Waals surface area contributed by atoms with Crippen LogP contribution in [0.5, 0.6) is 0 Å². The zero-order valence-corrected chi connectivity index (χ0v) is 11.9. The molecule has 0 atom stereocenters. The molecule has 112 valence electrons. The van der Waals surface area contributed by atoms with Crippen LogP contribution in [0.2, 0.25) is 0 Å². The van der Waals surface area contributed by atoms with E-state index < -0.39 is 0 Å². The largest absolute Gasteiger partial charge is 0.396 e. The number of aliphatic hydroxyl groups is 4. The maximum Gasteiger partial charge on any atom is 0.0481 e. The molecule has 4 heteroatoms. The first kappa shape index (κ1) is 20.2. The lowest BCUT2D eigenvalue weighted by atomic mass is 10.1. The van der Waals surface area contributed by atoms with Gasteiger partial charge in [0.15, 0.2) is 0 Å². The first-order valence-corrected chi connectivity index (χ1v) is 7.20. The van der Waals surface area contributed by atoms with Crippen molar-refractivity contribution in [2.75, 3.05) is 26.4 Å². The van der Waals surface area contributed by atoms with Gasteiger partial charge in [0, 0.05) is 32.3 Å². The summed E-state index contributed by atoms with van der Waals surface area (Å²) >= 11 is 0. The van der Waals surface area contributed by atoms with Crippen molar-refractivity contribution in [1.29, 1.82) is 0 Å². The van der Waals surface area contributed by atoms with Gasteiger partial charge in [-0.3, -0.25) is 0 Å². The Hall–Kier alpha value is -0.160. The third kappa shape index (κ3) is 18.2. The van der Waals surface area contributed by atoms with Crippen LogP contribution in [0.15, 0.2) is 0 Å². The van der Waals surface area contributed by atoms with Crippen LogP contribution in [-0.4, -0.2) is 46.9 Å². The molecule has 0 saturated carbocycles. The quantitative estimate of drug-likeness (QED) is 0.428. The SMILES string of the molecule is CCCCCCCCO.OCCCC(CO)CO. The molecular formula is C14H32O4. The van der Waals surface area contributed by atoms with E-state index in [4.69, 9.17) is 20.4 Å². The van der Waals surface area contributed by atoms with Crippen molar-refractivity contribution >= 4 is 0 Å². The Morgan fingerprint density at radius 2 is 1.17 bits per heavy atom. The van der Waals surface area contributed by atoms with E-state index in [-0.39, 0.29) is 25.7 Å². The molecule has 4 nitrogen and oxygen atoms in total. The van der Waals surface area contributed by atoms with Crippen LogP contribution < -0.4 is 0 Å². The van der Waals surface area contributed by atoms with Crippen LogP contribution in [-0.2, 0) is 0 Å². The van der Waals surface area contributed by atoms with Crippen LogP contribution in [0, 0.1) is 5.92 Å². The van der Waals surface area contributed by atoms with E-state index in [9.17, 15) is 0 Å². The Balaban J connectivity index is 0. The molecule has 0 aromatic heterocycles. The number of hydrogen-bond donors (Lipinski definition) is 4. The van der Waals surface area contributed by atoms with Gasteiger partial charge in [0.2, 0.25) is 0 Å². The average Bonchev–Trinajstić information content (AvgIpc) is 2.41. The fourth-order valence-electron chi connectivity index (χ4n) is 1.51. The third-order valence-electron chi connectivity index (χ3n) is 2.80. The molecule has 18 heavy (non-hydrogen) atoms. The molecule has 0 radical (unpaired) electrons. The van der Waals surface area contributed by atoms with Crippen molar-refractivity contribution in [3.8, 4) is 0 Å². The summed E-state index contributed by atoms with van der Waals surface area (Å²) < 4.78 is 0. The topological polar surface area (TPSA) is 80.9 Å². The molecule has 0 aliphatic rings. The van der Waals surface area contributed by atoms with E-state index >= 15 is 0 Å². The van der Waals surface area contributed by atoms with Gasteiger partial charge < -0.3 is 20.4 Å². The highest BCUT2D eigenvalue weighted by atomic mass is 16.3. The van der Waals surface area contributed by atoms with Gasteiger partial charge in [0.05, 0.1) is 0 Å². The average molecular weight is 264 g/mol. The molecular weight excluding hydrogens is 232 g/mol. The van der Waals surface area contributed by atoms with Crippen LogP contribution in [0.1, 0.15) is 58.3 Å². The van der Waals surface area contributed by atoms with Crippen molar-refractivity contribution in [2.24, 2.45) is 5.92 Å². The van der Waals surface area contributed by atoms with Gasteiger partial charge in [-0.2, -0.15) is 0 Å². The molecule has 0 fully saturated rings. The summed E-state index contributed by atoms with van der Waals surface area (Å²) in [5.74, 6) is -0.0443. The molecule has 0 spiro atoms. The summed E-state index contributed by atoms with van der Waals surface area (Å²) in [4.78, 5) is 0. The number of aliphatic hydroxyl groups excluding tert-OH is 4. The minimum atomic E-state index is -0.0443. The maximum absolute atomic E-state index is 8.51. The minimum Gasteiger partial charge on any atom is -0.396 e. The Labute approximate surface area is 112 Å². The van der Waals surface area contributed by atoms with Crippen LogP contribution in [0.25, 0.3) is 0 Å². The molecule has 0 aromatic carbocycles. The second-order valence-corrected chi connectivity index (χ2v) is 4.59. The Morgan fingerprint density at radius 1 is 0.667 bits per heavy atom. The molecule has 0 aliphatic heterocycles. The normalized spacial score (nSPS) is 10.3. The molecule has 0 bridgehead atoms. The van der Waals surface area contributed by atoms with Gasteiger partial charge in [0.1, 0.15) is 0 Å². The van der Waals surface area contributed by atoms with Crippen molar-refractivity contribution < 1.29 is 20.4 Å². The van der Waals surface area contributed by atoms with E-state index in [1.54, 1.807) is 0 Å². The number of unbranched alkanes of at least 4 members (excludes halogenated alkanes) is 5. The zero-order chi connectivity index (χ0) is 14.1. The van der Waals surface area contributed by atoms with Gasteiger partial charge in [-0.1, -0.05) is 39.0 Å². The van der Waals surface area contributed by atoms with E-state index in [1.165, 1.54) is 32.1 Å². The predicted molar refractivity (Wildman–Crippen MR) is 74.4 cm³/mol. The highest BCUT2D eigenvalue weighted by Crippen LogP contribution is 2.03. The fraction of sp³-hybridized carbons (Fsp3) is 1.00. The standard InChI is InChI=1S/C8H18O.C6H14O3/c1-2-3-4-5-6-7-8-9;7-3-1-2-6(4-8)5-9/h9H,2-8H2,1H3;6-9H,1-5H2. The number of hydrogen-bond acceptors (Lipinski definition) is 4. The van der Waals surface area contributed by atoms with Gasteiger partial charge >= 0.3 is 0 Å². The van der Waals surface area contributed by atoms with Crippen molar-refractivity contribution in [3.63, 3.8) is 0 Å². The monoisotopic (exact) mass is 264 g/mol. The Morgan fingerprint density at radius 3 is 1.61 bits per heavy atom. The molecule has 0 aromatic rings. The first-order valence-electron chi connectivity index (χ1n) is 7.20. The molecule has 0 amide bonds. The second kappa shape index (κ2) is 19.2. The van der Waals surface area contributed by atoms with Gasteiger partial charge in [-0.25, -0.2) is 0 Å². The Kier molecular flexibility index (Phi) is 21.5. The maximum atomic E-state index is 8.51. The zero-order valence-electron chi connectivity index (χ0n) is 11.9. The van der Waals surface area contributed by atoms with Crippen LogP contribution in [0.3, 0.4) is 0 Å². The first-order chi connectivity index (χ1) is 8.76. The lowest BCUT2D eigenvalue weighted by Gasteiger charge is -2.07. The molecule has 0 heterocycles. The van der Waals surface area contributed by atoms with E-state index in [1.807, 2.05) is 0 Å². The Bertz CT molecular complexity index is 121. The molecule has 4 N–H and O–H groups in total. The highest BCUT2D eigenvalue weighted by Gasteiger charge is 2.03. The molecule has 0 unspecified atom stereocenters. The van der Waals surface area contributed by atoms with Crippen molar-refractivity contribution in [2.45, 2.75) is 58.3 Å². The lowest BCUT2D eigenvalue weighted by Crippen LogP contribution is -2.11. The summed E-state index contributed by atoms with van der Waals surface area (Å²) in [6.45, 7) is 2.74. The van der Waals surface area contributed by atoms with Crippen LogP contribution in [0.4, 0.5) is 0 Å². The molecule has 0 aliphatic carbocycles. The van der Waals surface area contributed by atoms with Crippen molar-refractivity contribution in [1.82, 2.24) is 0 Å². The molecule has 0 rings (SSSR count). The predicted octanol–water partition coefficient (Wildman–Crippen LogP) is 1.70.